The van der Waals surface area contributed by atoms with E-state index >= 15 is 0 Å². The van der Waals surface area contributed by atoms with Crippen LogP contribution in [0.4, 0.5) is 5.69 Å². The number of anilines is 1. The highest BCUT2D eigenvalue weighted by Gasteiger charge is 2.16. The Morgan fingerprint density at radius 1 is 1.38 bits per heavy atom. The molecule has 2 aromatic rings. The molecule has 82 valence electrons. The van der Waals surface area contributed by atoms with Crippen LogP contribution in [0, 0.1) is 0 Å². The first kappa shape index (κ1) is 9.21. The maximum atomic E-state index is 11.3. The molecule has 0 aliphatic carbocycles. The number of hydrogen-bond donors (Lipinski definition) is 1. The summed E-state index contributed by atoms with van der Waals surface area (Å²) >= 11 is 0. The Balaban J connectivity index is 1.95. The highest BCUT2D eigenvalue weighted by Crippen LogP contribution is 2.16. The first-order chi connectivity index (χ1) is 7.83. The largest absolute Gasteiger partial charge is 0.360 e. The van der Waals surface area contributed by atoms with Crippen molar-refractivity contribution in [3.05, 3.63) is 30.7 Å². The second kappa shape index (κ2) is 3.52. The minimum atomic E-state index is 0.0782. The molecular weight excluding hydrogens is 204 g/mol. The molecule has 0 unspecified atom stereocenters. The number of imidazole rings is 1. The van der Waals surface area contributed by atoms with Crippen molar-refractivity contribution < 1.29 is 4.79 Å². The zero-order chi connectivity index (χ0) is 11.0. The van der Waals surface area contributed by atoms with E-state index in [9.17, 15) is 4.79 Å². The van der Waals surface area contributed by atoms with Crippen LogP contribution >= 0.6 is 0 Å². The summed E-state index contributed by atoms with van der Waals surface area (Å²) in [7, 11) is 0. The number of aromatic nitrogens is 2. The van der Waals surface area contributed by atoms with Crippen LogP contribution in [0.3, 0.4) is 0 Å². The molecule has 5 nitrogen and oxygen atoms in total. The van der Waals surface area contributed by atoms with Crippen molar-refractivity contribution in [1.29, 1.82) is 0 Å². The summed E-state index contributed by atoms with van der Waals surface area (Å²) in [5.41, 5.74) is 1.96. The number of nitrogens with one attached hydrogen (secondary N) is 1. The van der Waals surface area contributed by atoms with Crippen LogP contribution in [0.5, 0.6) is 0 Å². The van der Waals surface area contributed by atoms with Gasteiger partial charge in [0.05, 0.1) is 6.54 Å². The number of hydrogen-bond acceptors (Lipinski definition) is 3. The van der Waals surface area contributed by atoms with Crippen LogP contribution in [0.25, 0.3) is 5.65 Å². The smallest absolute Gasteiger partial charge is 0.239 e. The summed E-state index contributed by atoms with van der Waals surface area (Å²) < 4.78 is 1.95. The second-order valence-electron chi connectivity index (χ2n) is 3.85. The molecule has 1 aliphatic heterocycles. The topological polar surface area (TPSA) is 49.6 Å². The van der Waals surface area contributed by atoms with Crippen LogP contribution in [0.15, 0.2) is 30.7 Å². The van der Waals surface area contributed by atoms with Gasteiger partial charge < -0.3 is 14.6 Å². The van der Waals surface area contributed by atoms with Gasteiger partial charge >= 0.3 is 0 Å². The van der Waals surface area contributed by atoms with Gasteiger partial charge in [0, 0.05) is 43.4 Å². The molecule has 1 N–H and O–H groups in total. The minimum absolute atomic E-state index is 0.0782. The number of rotatable bonds is 1. The van der Waals surface area contributed by atoms with Crippen LogP contribution in [-0.2, 0) is 4.79 Å². The van der Waals surface area contributed by atoms with Crippen molar-refractivity contribution in [2.45, 2.75) is 0 Å². The number of carbonyl (C=O) groups excluding carboxylic acids is 1. The van der Waals surface area contributed by atoms with Crippen LogP contribution in [-0.4, -0.2) is 34.9 Å². The van der Waals surface area contributed by atoms with Crippen LogP contribution in [0.2, 0.25) is 0 Å². The molecule has 2 aromatic heterocycles. The molecule has 0 spiro atoms. The summed E-state index contributed by atoms with van der Waals surface area (Å²) in [4.78, 5) is 17.6. The molecule has 1 saturated heterocycles. The summed E-state index contributed by atoms with van der Waals surface area (Å²) in [5, 5.41) is 2.81. The lowest BCUT2D eigenvalue weighted by molar-refractivity contribution is -0.120. The Hall–Kier alpha value is -2.04. The molecule has 0 aromatic carbocycles. The molecule has 1 fully saturated rings. The Bertz CT molecular complexity index is 534. The van der Waals surface area contributed by atoms with Gasteiger partial charge in [0.25, 0.3) is 0 Å². The Labute approximate surface area is 92.7 Å². The van der Waals surface area contributed by atoms with E-state index in [-0.39, 0.29) is 5.91 Å². The van der Waals surface area contributed by atoms with Crippen LogP contribution in [0.1, 0.15) is 0 Å². The van der Waals surface area contributed by atoms with Crippen molar-refractivity contribution >= 4 is 17.2 Å². The SMILES string of the molecule is O=C1CN(c2ccn3ccnc3c2)CCN1. The second-order valence-corrected chi connectivity index (χ2v) is 3.85. The molecule has 0 bridgehead atoms. The number of carbonyl (C=O) groups is 1. The fraction of sp³-hybridized carbons (Fsp3) is 0.273. The van der Waals surface area contributed by atoms with Crippen LogP contribution < -0.4 is 10.2 Å². The molecule has 3 heterocycles. The third kappa shape index (κ3) is 1.50. The molecule has 3 rings (SSSR count). The molecule has 0 radical (unpaired) electrons. The summed E-state index contributed by atoms with van der Waals surface area (Å²) in [5.74, 6) is 0.0782. The monoisotopic (exact) mass is 216 g/mol. The van der Waals surface area contributed by atoms with Gasteiger partial charge in [-0.15, -0.1) is 0 Å². The lowest BCUT2D eigenvalue weighted by Gasteiger charge is -2.28. The van der Waals surface area contributed by atoms with Crippen molar-refractivity contribution in [3.63, 3.8) is 0 Å². The average Bonchev–Trinajstić information content (AvgIpc) is 2.75. The van der Waals surface area contributed by atoms with E-state index < -0.39 is 0 Å². The molecular formula is C11H12N4O. The highest BCUT2D eigenvalue weighted by molar-refractivity contribution is 5.82. The van der Waals surface area contributed by atoms with Gasteiger partial charge in [-0.2, -0.15) is 0 Å². The normalized spacial score (nSPS) is 16.5. The Kier molecular flexibility index (Phi) is 2.02. The maximum Gasteiger partial charge on any atom is 0.239 e. The number of fused-ring (bicyclic) bond motifs is 1. The predicted molar refractivity (Wildman–Crippen MR) is 60.4 cm³/mol. The van der Waals surface area contributed by atoms with Gasteiger partial charge in [0.2, 0.25) is 5.91 Å². The zero-order valence-electron chi connectivity index (χ0n) is 8.76. The molecule has 5 heteroatoms. The van der Waals surface area contributed by atoms with E-state index in [1.807, 2.05) is 28.9 Å². The lowest BCUT2D eigenvalue weighted by Crippen LogP contribution is -2.47. The zero-order valence-corrected chi connectivity index (χ0v) is 8.76. The maximum absolute atomic E-state index is 11.3. The van der Waals surface area contributed by atoms with E-state index in [0.717, 1.165) is 17.9 Å². The standard InChI is InChI=1S/C11H12N4O/c16-11-8-15(6-3-13-11)9-1-4-14-5-2-12-10(14)7-9/h1-2,4-5,7H,3,6,8H2,(H,13,16). The van der Waals surface area contributed by atoms with Crippen molar-refractivity contribution in [3.8, 4) is 0 Å². The summed E-state index contributed by atoms with van der Waals surface area (Å²) in [6, 6.07) is 4.01. The molecule has 0 saturated carbocycles. The number of nitrogens with zero attached hydrogens (tertiary/aromatic N) is 3. The Morgan fingerprint density at radius 2 is 2.31 bits per heavy atom. The van der Waals surface area contributed by atoms with Gasteiger partial charge in [0.15, 0.2) is 0 Å². The van der Waals surface area contributed by atoms with E-state index in [0.29, 0.717) is 13.1 Å². The van der Waals surface area contributed by atoms with Gasteiger partial charge in [-0.05, 0) is 6.07 Å². The first-order valence-electron chi connectivity index (χ1n) is 5.27. The van der Waals surface area contributed by atoms with E-state index in [1.165, 1.54) is 0 Å². The minimum Gasteiger partial charge on any atom is -0.360 e. The number of amides is 1. The average molecular weight is 216 g/mol. The fourth-order valence-corrected chi connectivity index (χ4v) is 1.96. The quantitative estimate of drug-likeness (QED) is 0.744. The molecule has 1 amide bonds. The van der Waals surface area contributed by atoms with Gasteiger partial charge in [0.1, 0.15) is 5.65 Å². The number of piperazine rings is 1. The first-order valence-corrected chi connectivity index (χ1v) is 5.27. The van der Waals surface area contributed by atoms with Crippen molar-refractivity contribution in [2.75, 3.05) is 24.5 Å². The van der Waals surface area contributed by atoms with E-state index in [1.54, 1.807) is 6.20 Å². The lowest BCUT2D eigenvalue weighted by atomic mass is 10.3. The predicted octanol–water partition coefficient (Wildman–Crippen LogP) is 0.270. The molecule has 0 atom stereocenters. The fourth-order valence-electron chi connectivity index (χ4n) is 1.96. The van der Waals surface area contributed by atoms with Gasteiger partial charge in [-0.3, -0.25) is 4.79 Å². The third-order valence-electron chi connectivity index (χ3n) is 2.79. The Morgan fingerprint density at radius 3 is 3.19 bits per heavy atom. The summed E-state index contributed by atoms with van der Waals surface area (Å²) in [6.07, 6.45) is 5.63. The van der Waals surface area contributed by atoms with E-state index in [2.05, 4.69) is 15.2 Å². The van der Waals surface area contributed by atoms with Gasteiger partial charge in [-0.25, -0.2) is 4.98 Å². The molecule has 16 heavy (non-hydrogen) atoms. The van der Waals surface area contributed by atoms with Crippen molar-refractivity contribution in [1.82, 2.24) is 14.7 Å². The van der Waals surface area contributed by atoms with Crippen molar-refractivity contribution in [2.24, 2.45) is 0 Å². The highest BCUT2D eigenvalue weighted by atomic mass is 16.2. The van der Waals surface area contributed by atoms with E-state index in [4.69, 9.17) is 0 Å². The van der Waals surface area contributed by atoms with Gasteiger partial charge in [-0.1, -0.05) is 0 Å². The summed E-state index contributed by atoms with van der Waals surface area (Å²) in [6.45, 7) is 1.98. The molecule has 1 aliphatic rings. The number of pyridine rings is 1. The third-order valence-corrected chi connectivity index (χ3v) is 2.79.